The molecule has 0 spiro atoms. The highest BCUT2D eigenvalue weighted by molar-refractivity contribution is 6.06. The minimum Gasteiger partial charge on any atom is -0.267 e. The number of hydrogen-bond acceptors (Lipinski definition) is 4. The smallest absolute Gasteiger partial charge is 0.267 e. The van der Waals surface area contributed by atoms with Crippen LogP contribution in [0.25, 0.3) is 10.8 Å². The average molecular weight is 364 g/mol. The van der Waals surface area contributed by atoms with Crippen LogP contribution < -0.4 is 16.4 Å². The van der Waals surface area contributed by atoms with Crippen LogP contribution in [-0.4, -0.2) is 21.6 Å². The monoisotopic (exact) mass is 364 g/mol. The molecule has 0 radical (unpaired) electrons. The Hall–Kier alpha value is -3.48. The predicted octanol–water partition coefficient (Wildman–Crippen LogP) is 2.11. The first-order chi connectivity index (χ1) is 12.9. The molecule has 0 aliphatic rings. The maximum Gasteiger partial charge on any atom is 0.290 e. The van der Waals surface area contributed by atoms with E-state index in [1.54, 1.807) is 37.3 Å². The number of aromatic nitrogens is 2. The van der Waals surface area contributed by atoms with E-state index in [1.807, 2.05) is 26.0 Å². The van der Waals surface area contributed by atoms with Gasteiger partial charge in [-0.25, -0.2) is 4.68 Å². The number of nitrogens with zero attached hydrogens (tertiary/aromatic N) is 2. The second-order valence-corrected chi connectivity index (χ2v) is 6.24. The van der Waals surface area contributed by atoms with Crippen LogP contribution >= 0.6 is 0 Å². The zero-order chi connectivity index (χ0) is 19.6. The third-order valence-corrected chi connectivity index (χ3v) is 4.31. The quantitative estimate of drug-likeness (QED) is 0.696. The van der Waals surface area contributed by atoms with Crippen molar-refractivity contribution < 1.29 is 9.59 Å². The lowest BCUT2D eigenvalue weighted by Gasteiger charge is -2.12. The minimum atomic E-state index is -0.591. The Balaban J connectivity index is 1.89. The first-order valence-corrected chi connectivity index (χ1v) is 8.60. The fourth-order valence-electron chi connectivity index (χ4n) is 2.84. The highest BCUT2D eigenvalue weighted by atomic mass is 16.2. The zero-order valence-electron chi connectivity index (χ0n) is 15.4. The van der Waals surface area contributed by atoms with Gasteiger partial charge >= 0.3 is 0 Å². The molecule has 0 aliphatic carbocycles. The number of hydrogen-bond donors (Lipinski definition) is 2. The largest absolute Gasteiger partial charge is 0.290 e. The van der Waals surface area contributed by atoms with Gasteiger partial charge in [0.25, 0.3) is 17.4 Å². The van der Waals surface area contributed by atoms with E-state index in [4.69, 9.17) is 0 Å². The molecule has 0 atom stereocenters. The van der Waals surface area contributed by atoms with Gasteiger partial charge in [-0.2, -0.15) is 5.10 Å². The minimum absolute atomic E-state index is 0.0771. The van der Waals surface area contributed by atoms with Crippen LogP contribution in [0.15, 0.2) is 47.3 Å². The Morgan fingerprint density at radius 3 is 2.37 bits per heavy atom. The highest BCUT2D eigenvalue weighted by Crippen LogP contribution is 2.13. The Morgan fingerprint density at radius 1 is 1.00 bits per heavy atom. The lowest BCUT2D eigenvalue weighted by molar-refractivity contribution is 0.0843. The molecule has 27 heavy (non-hydrogen) atoms. The second kappa shape index (κ2) is 7.41. The molecule has 2 aromatic carbocycles. The van der Waals surface area contributed by atoms with Crippen molar-refractivity contribution in [1.82, 2.24) is 20.6 Å². The number of nitrogens with one attached hydrogen (secondary N) is 2. The lowest BCUT2D eigenvalue weighted by Crippen LogP contribution is -2.43. The van der Waals surface area contributed by atoms with Gasteiger partial charge in [0.2, 0.25) is 0 Å². The van der Waals surface area contributed by atoms with E-state index in [-0.39, 0.29) is 11.3 Å². The number of rotatable bonds is 3. The number of carbonyl (C=O) groups excluding carboxylic acids is 2. The summed E-state index contributed by atoms with van der Waals surface area (Å²) in [4.78, 5) is 37.4. The van der Waals surface area contributed by atoms with Crippen molar-refractivity contribution in [2.45, 2.75) is 27.3 Å². The molecule has 0 saturated carbocycles. The van der Waals surface area contributed by atoms with Gasteiger partial charge < -0.3 is 0 Å². The lowest BCUT2D eigenvalue weighted by atomic mass is 10.1. The zero-order valence-corrected chi connectivity index (χ0v) is 15.4. The van der Waals surface area contributed by atoms with Crippen molar-refractivity contribution in [1.29, 1.82) is 0 Å². The first kappa shape index (κ1) is 18.3. The van der Waals surface area contributed by atoms with Crippen molar-refractivity contribution in [3.8, 4) is 0 Å². The molecular weight excluding hydrogens is 344 g/mol. The molecule has 2 N–H and O–H groups in total. The average Bonchev–Trinajstić information content (AvgIpc) is 2.68. The highest BCUT2D eigenvalue weighted by Gasteiger charge is 2.17. The van der Waals surface area contributed by atoms with Gasteiger partial charge in [0.1, 0.15) is 0 Å². The summed E-state index contributed by atoms with van der Waals surface area (Å²) >= 11 is 0. The van der Waals surface area contributed by atoms with E-state index < -0.39 is 11.8 Å². The van der Waals surface area contributed by atoms with Crippen LogP contribution in [-0.2, 0) is 6.54 Å². The SMILES string of the molecule is CCn1nc(C(=O)NNC(=O)c2cc(C)ccc2C)c2ccccc2c1=O. The van der Waals surface area contributed by atoms with Gasteiger partial charge in [0.15, 0.2) is 5.69 Å². The topological polar surface area (TPSA) is 93.1 Å². The molecular formula is C20H20N4O3. The van der Waals surface area contributed by atoms with E-state index in [1.165, 1.54) is 4.68 Å². The van der Waals surface area contributed by atoms with Gasteiger partial charge in [0, 0.05) is 17.5 Å². The van der Waals surface area contributed by atoms with Crippen LogP contribution in [0.5, 0.6) is 0 Å². The first-order valence-electron chi connectivity index (χ1n) is 8.60. The van der Waals surface area contributed by atoms with Crippen molar-refractivity contribution in [3.05, 3.63) is 75.2 Å². The third-order valence-electron chi connectivity index (χ3n) is 4.31. The van der Waals surface area contributed by atoms with E-state index in [9.17, 15) is 14.4 Å². The number of carbonyl (C=O) groups is 2. The van der Waals surface area contributed by atoms with Crippen molar-refractivity contribution in [2.75, 3.05) is 0 Å². The second-order valence-electron chi connectivity index (χ2n) is 6.24. The van der Waals surface area contributed by atoms with Crippen molar-refractivity contribution in [2.24, 2.45) is 0 Å². The molecule has 1 heterocycles. The van der Waals surface area contributed by atoms with Crippen LogP contribution in [0.1, 0.15) is 38.9 Å². The number of fused-ring (bicyclic) bond motifs is 1. The molecule has 0 fully saturated rings. The normalized spacial score (nSPS) is 10.6. The van der Waals surface area contributed by atoms with Crippen LogP contribution in [0, 0.1) is 13.8 Å². The molecule has 0 unspecified atom stereocenters. The van der Waals surface area contributed by atoms with E-state index in [2.05, 4.69) is 16.0 Å². The Bertz CT molecular complexity index is 1100. The maximum atomic E-state index is 12.6. The molecule has 3 rings (SSSR count). The summed E-state index contributed by atoms with van der Waals surface area (Å²) in [6, 6.07) is 12.3. The van der Waals surface area contributed by atoms with E-state index in [0.29, 0.717) is 22.9 Å². The predicted molar refractivity (Wildman–Crippen MR) is 103 cm³/mol. The molecule has 2 amide bonds. The van der Waals surface area contributed by atoms with Crippen molar-refractivity contribution >= 4 is 22.6 Å². The molecule has 3 aromatic rings. The molecule has 0 aliphatic heterocycles. The maximum absolute atomic E-state index is 12.6. The third kappa shape index (κ3) is 3.57. The summed E-state index contributed by atoms with van der Waals surface area (Å²) in [5.74, 6) is -1.01. The number of benzene rings is 2. The number of hydrazine groups is 1. The van der Waals surface area contributed by atoms with Gasteiger partial charge in [0.05, 0.1) is 5.39 Å². The molecule has 7 heteroatoms. The molecule has 0 saturated heterocycles. The van der Waals surface area contributed by atoms with Gasteiger partial charge in [-0.15, -0.1) is 0 Å². The Morgan fingerprint density at radius 2 is 1.67 bits per heavy atom. The molecule has 1 aromatic heterocycles. The van der Waals surface area contributed by atoms with Crippen LogP contribution in [0.2, 0.25) is 0 Å². The molecule has 7 nitrogen and oxygen atoms in total. The fraction of sp³-hybridized carbons (Fsp3) is 0.200. The van der Waals surface area contributed by atoms with Crippen LogP contribution in [0.4, 0.5) is 0 Å². The van der Waals surface area contributed by atoms with E-state index >= 15 is 0 Å². The van der Waals surface area contributed by atoms with Crippen molar-refractivity contribution in [3.63, 3.8) is 0 Å². The summed E-state index contributed by atoms with van der Waals surface area (Å²) < 4.78 is 1.23. The summed E-state index contributed by atoms with van der Waals surface area (Å²) in [6.07, 6.45) is 0. The summed E-state index contributed by atoms with van der Waals surface area (Å²) in [7, 11) is 0. The summed E-state index contributed by atoms with van der Waals surface area (Å²) in [5.41, 5.74) is 6.85. The van der Waals surface area contributed by atoms with Gasteiger partial charge in [-0.05, 0) is 38.5 Å². The molecule has 0 bridgehead atoms. The van der Waals surface area contributed by atoms with Crippen LogP contribution in [0.3, 0.4) is 0 Å². The van der Waals surface area contributed by atoms with Gasteiger partial charge in [-0.3, -0.25) is 25.2 Å². The summed E-state index contributed by atoms with van der Waals surface area (Å²) in [5, 5.41) is 4.98. The molecule has 138 valence electrons. The van der Waals surface area contributed by atoms with E-state index in [0.717, 1.165) is 11.1 Å². The number of aryl methyl sites for hydroxylation is 3. The Labute approximate surface area is 156 Å². The van der Waals surface area contributed by atoms with Gasteiger partial charge in [-0.1, -0.05) is 35.9 Å². The summed E-state index contributed by atoms with van der Waals surface area (Å²) in [6.45, 7) is 5.81. The number of amides is 2. The Kier molecular flexibility index (Phi) is 5.03. The standard InChI is InChI=1S/C20H20N4O3/c1-4-24-20(27)15-8-6-5-7-14(15)17(23-24)19(26)22-21-18(25)16-11-12(2)9-10-13(16)3/h5-11H,4H2,1-3H3,(H,21,25)(H,22,26). The fourth-order valence-corrected chi connectivity index (χ4v) is 2.84.